The highest BCUT2D eigenvalue weighted by Crippen LogP contribution is 2.16. The zero-order valence-corrected chi connectivity index (χ0v) is 6.41. The Labute approximate surface area is 64.8 Å². The second kappa shape index (κ2) is 2.90. The van der Waals surface area contributed by atoms with E-state index in [-0.39, 0.29) is 12.3 Å². The summed E-state index contributed by atoms with van der Waals surface area (Å²) in [6, 6.07) is 0. The zero-order chi connectivity index (χ0) is 8.43. The normalized spacial score (nSPS) is 25.4. The molecule has 0 bridgehead atoms. The van der Waals surface area contributed by atoms with Gasteiger partial charge in [0.1, 0.15) is 0 Å². The molecule has 1 heterocycles. The summed E-state index contributed by atoms with van der Waals surface area (Å²) < 4.78 is 0. The third-order valence-corrected chi connectivity index (χ3v) is 2.01. The second-order valence-corrected chi connectivity index (χ2v) is 2.84. The third kappa shape index (κ3) is 1.69. The number of piperidine rings is 1. The molecule has 1 N–H and O–H groups in total. The maximum absolute atomic E-state index is 11.0. The van der Waals surface area contributed by atoms with E-state index in [4.69, 9.17) is 5.11 Å². The molecule has 0 aromatic carbocycles. The van der Waals surface area contributed by atoms with Gasteiger partial charge in [0.25, 0.3) is 0 Å². The number of carbonyl (C=O) groups excluding carboxylic acids is 1. The molecule has 0 saturated carbocycles. The van der Waals surface area contributed by atoms with Crippen LogP contribution in [0.2, 0.25) is 0 Å². The number of carboxylic acids is 1. The summed E-state index contributed by atoms with van der Waals surface area (Å²) in [5.41, 5.74) is 0. The molecule has 0 aliphatic carbocycles. The van der Waals surface area contributed by atoms with Crippen molar-refractivity contribution in [3.63, 3.8) is 0 Å². The summed E-state index contributed by atoms with van der Waals surface area (Å²) in [6.45, 7) is 0.565. The fourth-order valence-corrected chi connectivity index (χ4v) is 1.15. The Hall–Kier alpha value is -1.06. The smallest absolute Gasteiger partial charge is 0.307 e. The van der Waals surface area contributed by atoms with Crippen LogP contribution < -0.4 is 0 Å². The van der Waals surface area contributed by atoms with Crippen molar-refractivity contribution < 1.29 is 14.7 Å². The first-order chi connectivity index (χ1) is 5.11. The largest absolute Gasteiger partial charge is 0.481 e. The van der Waals surface area contributed by atoms with Crippen LogP contribution in [0.25, 0.3) is 0 Å². The third-order valence-electron chi connectivity index (χ3n) is 2.01. The van der Waals surface area contributed by atoms with Crippen molar-refractivity contribution >= 4 is 11.9 Å². The molecule has 62 valence electrons. The van der Waals surface area contributed by atoms with E-state index in [2.05, 4.69) is 0 Å². The average Bonchev–Trinajstić information content (AvgIpc) is 1.94. The summed E-state index contributed by atoms with van der Waals surface area (Å²) in [5, 5.41) is 8.57. The Morgan fingerprint density at radius 2 is 2.36 bits per heavy atom. The lowest BCUT2D eigenvalue weighted by Crippen LogP contribution is -2.38. The van der Waals surface area contributed by atoms with Crippen molar-refractivity contribution in [1.29, 1.82) is 0 Å². The number of aliphatic carboxylic acids is 1. The van der Waals surface area contributed by atoms with Crippen molar-refractivity contribution in [3.05, 3.63) is 0 Å². The van der Waals surface area contributed by atoms with E-state index in [0.717, 1.165) is 0 Å². The van der Waals surface area contributed by atoms with Gasteiger partial charge in [-0.3, -0.25) is 9.59 Å². The van der Waals surface area contributed by atoms with Crippen LogP contribution in [0.3, 0.4) is 0 Å². The SMILES string of the molecule is CN1CC[C@H](C(=O)O)CC1=O. The molecule has 1 saturated heterocycles. The summed E-state index contributed by atoms with van der Waals surface area (Å²) in [7, 11) is 1.69. The topological polar surface area (TPSA) is 57.6 Å². The maximum atomic E-state index is 11.0. The number of likely N-dealkylation sites (tertiary alicyclic amines) is 1. The molecule has 0 spiro atoms. The quantitative estimate of drug-likeness (QED) is 0.580. The lowest BCUT2D eigenvalue weighted by molar-refractivity contribution is -0.148. The Kier molecular flexibility index (Phi) is 2.12. The molecular weight excluding hydrogens is 146 g/mol. The van der Waals surface area contributed by atoms with Gasteiger partial charge in [-0.15, -0.1) is 0 Å². The summed E-state index contributed by atoms with van der Waals surface area (Å²) in [6.07, 6.45) is 0.739. The number of hydrogen-bond donors (Lipinski definition) is 1. The highest BCUT2D eigenvalue weighted by atomic mass is 16.4. The van der Waals surface area contributed by atoms with Crippen LogP contribution in [0.1, 0.15) is 12.8 Å². The van der Waals surface area contributed by atoms with Crippen molar-refractivity contribution in [1.82, 2.24) is 4.90 Å². The van der Waals surface area contributed by atoms with Crippen LogP contribution in [-0.4, -0.2) is 35.5 Å². The minimum atomic E-state index is -0.855. The van der Waals surface area contributed by atoms with Crippen molar-refractivity contribution in [2.45, 2.75) is 12.8 Å². The lowest BCUT2D eigenvalue weighted by Gasteiger charge is -2.25. The summed E-state index contributed by atoms with van der Waals surface area (Å²) in [4.78, 5) is 23.0. The molecular formula is C7H11NO3. The van der Waals surface area contributed by atoms with Gasteiger partial charge in [0.15, 0.2) is 0 Å². The van der Waals surface area contributed by atoms with Gasteiger partial charge >= 0.3 is 5.97 Å². The molecule has 11 heavy (non-hydrogen) atoms. The molecule has 1 rings (SSSR count). The Morgan fingerprint density at radius 1 is 1.73 bits per heavy atom. The van der Waals surface area contributed by atoms with Gasteiger partial charge in [-0.1, -0.05) is 0 Å². The number of rotatable bonds is 1. The van der Waals surface area contributed by atoms with Crippen LogP contribution in [-0.2, 0) is 9.59 Å². The van der Waals surface area contributed by atoms with Crippen LogP contribution in [0, 0.1) is 5.92 Å². The van der Waals surface area contributed by atoms with E-state index in [1.807, 2.05) is 0 Å². The molecule has 1 amide bonds. The van der Waals surface area contributed by atoms with E-state index in [1.165, 1.54) is 0 Å². The zero-order valence-electron chi connectivity index (χ0n) is 6.41. The van der Waals surface area contributed by atoms with E-state index in [0.29, 0.717) is 13.0 Å². The molecule has 0 unspecified atom stereocenters. The molecule has 0 aromatic heterocycles. The monoisotopic (exact) mass is 157 g/mol. The maximum Gasteiger partial charge on any atom is 0.307 e. The Balaban J connectivity index is 2.53. The molecule has 1 atom stereocenters. The molecule has 1 fully saturated rings. The van der Waals surface area contributed by atoms with Crippen molar-refractivity contribution in [2.75, 3.05) is 13.6 Å². The first-order valence-electron chi connectivity index (χ1n) is 3.58. The van der Waals surface area contributed by atoms with Crippen LogP contribution in [0.15, 0.2) is 0 Å². The fourth-order valence-electron chi connectivity index (χ4n) is 1.15. The van der Waals surface area contributed by atoms with Gasteiger partial charge in [0.05, 0.1) is 5.92 Å². The first-order valence-corrected chi connectivity index (χ1v) is 3.58. The highest BCUT2D eigenvalue weighted by molar-refractivity contribution is 5.83. The second-order valence-electron chi connectivity index (χ2n) is 2.84. The standard InChI is InChI=1S/C7H11NO3/c1-8-3-2-5(7(10)11)4-6(8)9/h5H,2-4H2,1H3,(H,10,11)/t5-/m0/s1. The molecule has 0 radical (unpaired) electrons. The number of carbonyl (C=O) groups is 2. The number of amides is 1. The summed E-state index contributed by atoms with van der Waals surface area (Å²) in [5.74, 6) is -1.38. The summed E-state index contributed by atoms with van der Waals surface area (Å²) >= 11 is 0. The molecule has 4 nitrogen and oxygen atoms in total. The van der Waals surface area contributed by atoms with E-state index < -0.39 is 11.9 Å². The van der Waals surface area contributed by atoms with Crippen molar-refractivity contribution in [3.8, 4) is 0 Å². The molecule has 1 aliphatic heterocycles. The average molecular weight is 157 g/mol. The predicted molar refractivity (Wildman–Crippen MR) is 38.0 cm³/mol. The van der Waals surface area contributed by atoms with Gasteiger partial charge in [-0.25, -0.2) is 0 Å². The van der Waals surface area contributed by atoms with Crippen LogP contribution in [0.5, 0.6) is 0 Å². The fraction of sp³-hybridized carbons (Fsp3) is 0.714. The predicted octanol–water partition coefficient (Wildman–Crippen LogP) is -0.0606. The highest BCUT2D eigenvalue weighted by Gasteiger charge is 2.27. The lowest BCUT2D eigenvalue weighted by atomic mass is 9.97. The first kappa shape index (κ1) is 8.04. The van der Waals surface area contributed by atoms with Crippen LogP contribution in [0.4, 0.5) is 0 Å². The Bertz CT molecular complexity index is 190. The van der Waals surface area contributed by atoms with Gasteiger partial charge < -0.3 is 10.0 Å². The number of nitrogens with zero attached hydrogens (tertiary/aromatic N) is 1. The molecule has 1 aliphatic rings. The minimum absolute atomic E-state index is 0.0661. The van der Waals surface area contributed by atoms with Gasteiger partial charge in [-0.05, 0) is 6.42 Å². The molecule has 0 aromatic rings. The van der Waals surface area contributed by atoms with Gasteiger partial charge in [-0.2, -0.15) is 0 Å². The van der Waals surface area contributed by atoms with E-state index in [1.54, 1.807) is 11.9 Å². The van der Waals surface area contributed by atoms with E-state index >= 15 is 0 Å². The van der Waals surface area contributed by atoms with Gasteiger partial charge in [0, 0.05) is 20.0 Å². The molecule has 4 heteroatoms. The Morgan fingerprint density at radius 3 is 2.82 bits per heavy atom. The number of carboxylic acid groups (broad SMARTS) is 1. The number of hydrogen-bond acceptors (Lipinski definition) is 2. The van der Waals surface area contributed by atoms with Crippen LogP contribution >= 0.6 is 0 Å². The van der Waals surface area contributed by atoms with E-state index in [9.17, 15) is 9.59 Å². The van der Waals surface area contributed by atoms with Gasteiger partial charge in [0.2, 0.25) is 5.91 Å². The minimum Gasteiger partial charge on any atom is -0.481 e. The van der Waals surface area contributed by atoms with Crippen molar-refractivity contribution in [2.24, 2.45) is 5.92 Å².